The molecule has 1 saturated heterocycles. The lowest BCUT2D eigenvalue weighted by Gasteiger charge is -2.16. The van der Waals surface area contributed by atoms with Crippen LogP contribution in [0.3, 0.4) is 0 Å². The average Bonchev–Trinajstić information content (AvgIpc) is 2.86. The van der Waals surface area contributed by atoms with Crippen molar-refractivity contribution in [3.05, 3.63) is 60.2 Å². The Morgan fingerprint density at radius 1 is 1.04 bits per heavy atom. The summed E-state index contributed by atoms with van der Waals surface area (Å²) in [4.78, 5) is 29.5. The Labute approximate surface area is 153 Å². The molecule has 2 amide bonds. The third-order valence-corrected chi connectivity index (χ3v) is 4.04. The summed E-state index contributed by atoms with van der Waals surface area (Å²) in [6.45, 7) is -1.64. The van der Waals surface area contributed by atoms with Crippen molar-refractivity contribution in [2.24, 2.45) is 4.99 Å². The molecule has 5 nitrogen and oxygen atoms in total. The van der Waals surface area contributed by atoms with Crippen molar-refractivity contribution >= 4 is 23.2 Å². The molecular formula is C19H15F3N2O3. The summed E-state index contributed by atoms with van der Waals surface area (Å²) in [5, 5.41) is 0. The maximum Gasteiger partial charge on any atom is 0.406 e. The first-order valence-electron chi connectivity index (χ1n) is 8.00. The number of hydrogen-bond acceptors (Lipinski definition) is 4. The Kier molecular flexibility index (Phi) is 4.98. The van der Waals surface area contributed by atoms with E-state index in [0.717, 1.165) is 0 Å². The number of ether oxygens (including phenoxy) is 1. The van der Waals surface area contributed by atoms with Crippen LogP contribution in [-0.4, -0.2) is 42.3 Å². The number of carbonyl (C=O) groups excluding carboxylic acids is 2. The molecule has 0 aliphatic carbocycles. The first-order chi connectivity index (χ1) is 12.8. The van der Waals surface area contributed by atoms with E-state index in [1.54, 1.807) is 54.6 Å². The van der Waals surface area contributed by atoms with Crippen LogP contribution in [0.5, 0.6) is 5.75 Å². The first-order valence-corrected chi connectivity index (χ1v) is 8.00. The van der Waals surface area contributed by atoms with Crippen molar-refractivity contribution in [3.63, 3.8) is 0 Å². The number of nitrogens with zero attached hydrogens (tertiary/aromatic N) is 2. The zero-order valence-corrected chi connectivity index (χ0v) is 14.2. The lowest BCUT2D eigenvalue weighted by molar-refractivity contribution is -0.164. The molecule has 1 unspecified atom stereocenters. The van der Waals surface area contributed by atoms with Crippen LogP contribution in [0.25, 0.3) is 0 Å². The zero-order chi connectivity index (χ0) is 19.6. The number of aliphatic imine (C=N–C) groups is 1. The number of hydrogen-bond donors (Lipinski definition) is 0. The van der Waals surface area contributed by atoms with Crippen molar-refractivity contribution in [2.75, 3.05) is 13.7 Å². The topological polar surface area (TPSA) is 59.0 Å². The van der Waals surface area contributed by atoms with Crippen molar-refractivity contribution in [1.82, 2.24) is 4.90 Å². The summed E-state index contributed by atoms with van der Waals surface area (Å²) in [6, 6.07) is 14.5. The quantitative estimate of drug-likeness (QED) is 0.768. The highest BCUT2D eigenvalue weighted by Crippen LogP contribution is 2.32. The van der Waals surface area contributed by atoms with E-state index in [0.29, 0.717) is 17.0 Å². The van der Waals surface area contributed by atoms with Gasteiger partial charge in [0.2, 0.25) is 5.91 Å². The van der Waals surface area contributed by atoms with E-state index in [1.807, 2.05) is 0 Å². The van der Waals surface area contributed by atoms with Gasteiger partial charge in [-0.1, -0.05) is 30.3 Å². The molecule has 1 fully saturated rings. The minimum atomic E-state index is -4.69. The van der Waals surface area contributed by atoms with Crippen LogP contribution in [0.15, 0.2) is 59.6 Å². The number of alkyl halides is 3. The summed E-state index contributed by atoms with van der Waals surface area (Å²) >= 11 is 0. The molecule has 0 bridgehead atoms. The highest BCUT2D eigenvalue weighted by atomic mass is 19.4. The van der Waals surface area contributed by atoms with E-state index < -0.39 is 30.5 Å². The SMILES string of the molecule is COc1ccc(N=C2C(=O)N(CC(F)(F)F)C(=O)C2c2ccccc2)cc1. The van der Waals surface area contributed by atoms with Crippen molar-refractivity contribution in [2.45, 2.75) is 12.1 Å². The third kappa shape index (κ3) is 3.99. The monoisotopic (exact) mass is 376 g/mol. The van der Waals surface area contributed by atoms with Gasteiger partial charge in [-0.2, -0.15) is 13.2 Å². The van der Waals surface area contributed by atoms with E-state index >= 15 is 0 Å². The Morgan fingerprint density at radius 3 is 2.22 bits per heavy atom. The second-order valence-corrected chi connectivity index (χ2v) is 5.88. The van der Waals surface area contributed by atoms with Crippen LogP contribution in [0.2, 0.25) is 0 Å². The maximum absolute atomic E-state index is 12.8. The van der Waals surface area contributed by atoms with E-state index in [2.05, 4.69) is 4.99 Å². The molecule has 3 rings (SSSR count). The molecule has 1 aliphatic rings. The molecule has 1 heterocycles. The second kappa shape index (κ2) is 7.22. The zero-order valence-electron chi connectivity index (χ0n) is 14.2. The van der Waals surface area contributed by atoms with Crippen molar-refractivity contribution < 1.29 is 27.5 Å². The molecular weight excluding hydrogens is 361 g/mol. The van der Waals surface area contributed by atoms with Crippen LogP contribution in [0, 0.1) is 0 Å². The molecule has 1 atom stereocenters. The predicted octanol–water partition coefficient (Wildman–Crippen LogP) is 3.48. The van der Waals surface area contributed by atoms with Crippen molar-refractivity contribution in [1.29, 1.82) is 0 Å². The molecule has 8 heteroatoms. The first kappa shape index (κ1) is 18.6. The van der Waals surface area contributed by atoms with E-state index in [4.69, 9.17) is 4.74 Å². The highest BCUT2D eigenvalue weighted by molar-refractivity contribution is 6.52. The number of likely N-dealkylation sites (tertiary alicyclic amines) is 1. The van der Waals surface area contributed by atoms with Crippen LogP contribution in [-0.2, 0) is 9.59 Å². The fourth-order valence-corrected chi connectivity index (χ4v) is 2.82. The lowest BCUT2D eigenvalue weighted by atomic mass is 9.96. The van der Waals surface area contributed by atoms with Crippen molar-refractivity contribution in [3.8, 4) is 5.75 Å². The minimum Gasteiger partial charge on any atom is -0.497 e. The maximum atomic E-state index is 12.8. The summed E-state index contributed by atoms with van der Waals surface area (Å²) in [5.74, 6) is -2.59. The largest absolute Gasteiger partial charge is 0.497 e. The fourth-order valence-electron chi connectivity index (χ4n) is 2.82. The van der Waals surface area contributed by atoms with E-state index in [1.165, 1.54) is 7.11 Å². The fraction of sp³-hybridized carbons (Fsp3) is 0.211. The number of rotatable bonds is 4. The van der Waals surface area contributed by atoms with Gasteiger partial charge in [0.1, 0.15) is 23.9 Å². The molecule has 0 N–H and O–H groups in total. The van der Waals surface area contributed by atoms with Gasteiger partial charge in [0.25, 0.3) is 5.91 Å². The van der Waals surface area contributed by atoms with Gasteiger partial charge >= 0.3 is 6.18 Å². The highest BCUT2D eigenvalue weighted by Gasteiger charge is 2.49. The molecule has 0 spiro atoms. The van der Waals surface area contributed by atoms with Gasteiger partial charge in [0.05, 0.1) is 12.8 Å². The number of amides is 2. The van der Waals surface area contributed by atoms with Crippen LogP contribution in [0.1, 0.15) is 11.5 Å². The molecule has 0 aromatic heterocycles. The summed E-state index contributed by atoms with van der Waals surface area (Å²) in [6.07, 6.45) is -4.69. The van der Waals surface area contributed by atoms with Gasteiger partial charge in [-0.3, -0.25) is 14.5 Å². The molecule has 1 aliphatic heterocycles. The van der Waals surface area contributed by atoms with Crippen LogP contribution >= 0.6 is 0 Å². The molecule has 27 heavy (non-hydrogen) atoms. The summed E-state index contributed by atoms with van der Waals surface area (Å²) in [7, 11) is 1.49. The van der Waals surface area contributed by atoms with Crippen LogP contribution in [0.4, 0.5) is 18.9 Å². The van der Waals surface area contributed by atoms with Gasteiger partial charge in [0.15, 0.2) is 0 Å². The predicted molar refractivity (Wildman–Crippen MR) is 92.0 cm³/mol. The molecule has 0 saturated carbocycles. The van der Waals surface area contributed by atoms with Gasteiger partial charge < -0.3 is 4.74 Å². The molecule has 0 radical (unpaired) electrons. The number of imide groups is 1. The van der Waals surface area contributed by atoms with E-state index in [-0.39, 0.29) is 10.6 Å². The second-order valence-electron chi connectivity index (χ2n) is 5.88. The van der Waals surface area contributed by atoms with Crippen LogP contribution < -0.4 is 4.74 Å². The molecule has 2 aromatic rings. The number of halogens is 3. The number of methoxy groups -OCH3 is 1. The Balaban J connectivity index is 2.05. The number of carbonyl (C=O) groups is 2. The standard InChI is InChI=1S/C19H15F3N2O3/c1-27-14-9-7-13(8-10-14)23-16-15(12-5-3-2-4-6-12)17(25)24(18(16)26)11-19(20,21)22/h2-10,15H,11H2,1H3. The molecule has 2 aromatic carbocycles. The summed E-state index contributed by atoms with van der Waals surface area (Å²) in [5.41, 5.74) is 0.509. The molecule has 140 valence electrons. The van der Waals surface area contributed by atoms with Gasteiger partial charge in [-0.15, -0.1) is 0 Å². The third-order valence-electron chi connectivity index (χ3n) is 4.04. The smallest absolute Gasteiger partial charge is 0.406 e. The summed E-state index contributed by atoms with van der Waals surface area (Å²) < 4.78 is 43.5. The Morgan fingerprint density at radius 2 is 1.67 bits per heavy atom. The Hall–Kier alpha value is -3.16. The number of benzene rings is 2. The normalized spacial score (nSPS) is 19.0. The Bertz CT molecular complexity index is 877. The lowest BCUT2D eigenvalue weighted by Crippen LogP contribution is -2.39. The van der Waals surface area contributed by atoms with Gasteiger partial charge in [-0.25, -0.2) is 4.99 Å². The van der Waals surface area contributed by atoms with Gasteiger partial charge in [-0.05, 0) is 29.8 Å². The van der Waals surface area contributed by atoms with E-state index in [9.17, 15) is 22.8 Å². The van der Waals surface area contributed by atoms with Gasteiger partial charge in [0, 0.05) is 0 Å². The minimum absolute atomic E-state index is 0.208. The average molecular weight is 376 g/mol.